The highest BCUT2D eigenvalue weighted by Gasteiger charge is 2.84. The number of esters is 1. The zero-order valence-corrected chi connectivity index (χ0v) is 12.3. The Morgan fingerprint density at radius 2 is 2.05 bits per heavy atom. The molecule has 0 saturated carbocycles. The normalized spacial score (nSPS) is 40.3. The monoisotopic (exact) mass is 271 g/mol. The average Bonchev–Trinajstić information content (AvgIpc) is 2.56. The summed E-state index contributed by atoms with van der Waals surface area (Å²) in [6.07, 6.45) is 0.601. The van der Waals surface area contributed by atoms with Gasteiger partial charge in [-0.1, -0.05) is 13.8 Å². The van der Waals surface area contributed by atoms with Gasteiger partial charge in [-0.15, -0.1) is 0 Å². The molecule has 0 aromatic heterocycles. The number of hydrogen-bond acceptors (Lipinski definition) is 6. The molecule has 0 N–H and O–H groups in total. The molecule has 0 spiro atoms. The Bertz CT molecular complexity index is 435. The molecule has 2 aliphatic rings. The van der Waals surface area contributed by atoms with Crippen LogP contribution in [-0.4, -0.2) is 43.2 Å². The Balaban J connectivity index is 2.49. The molecule has 2 rings (SSSR count). The number of methoxy groups -OCH3 is 2. The highest BCUT2D eigenvalue weighted by Crippen LogP contribution is 2.60. The Morgan fingerprint density at radius 3 is 2.53 bits per heavy atom. The molecule has 2 aliphatic heterocycles. The fraction of sp³-hybridized carbons (Fsp3) is 0.846. The largest absolute Gasteiger partial charge is 0.467 e. The van der Waals surface area contributed by atoms with Gasteiger partial charge in [-0.25, -0.2) is 9.79 Å². The van der Waals surface area contributed by atoms with E-state index in [0.717, 1.165) is 0 Å². The van der Waals surface area contributed by atoms with Crippen LogP contribution in [0, 0.1) is 5.92 Å². The van der Waals surface area contributed by atoms with Gasteiger partial charge in [0.05, 0.1) is 7.11 Å². The van der Waals surface area contributed by atoms with E-state index in [1.54, 1.807) is 13.8 Å². The average molecular weight is 271 g/mol. The van der Waals surface area contributed by atoms with E-state index in [9.17, 15) is 4.79 Å². The third-order valence-electron chi connectivity index (χ3n) is 3.81. The maximum absolute atomic E-state index is 12.1. The number of fused-ring (bicyclic) bond motifs is 1. The first-order valence-electron chi connectivity index (χ1n) is 6.36. The molecule has 3 atom stereocenters. The van der Waals surface area contributed by atoms with E-state index in [2.05, 4.69) is 4.99 Å². The quantitative estimate of drug-likeness (QED) is 0.725. The van der Waals surface area contributed by atoms with E-state index in [1.165, 1.54) is 14.2 Å². The van der Waals surface area contributed by atoms with E-state index < -0.39 is 23.1 Å². The molecule has 0 amide bonds. The molecule has 1 saturated heterocycles. The molecule has 0 aliphatic carbocycles. The number of carbonyl (C=O) groups is 1. The van der Waals surface area contributed by atoms with Crippen LogP contribution in [0.3, 0.4) is 0 Å². The van der Waals surface area contributed by atoms with Gasteiger partial charge in [0.25, 0.3) is 0 Å². The summed E-state index contributed by atoms with van der Waals surface area (Å²) < 4.78 is 21.5. The van der Waals surface area contributed by atoms with Crippen molar-refractivity contribution in [1.82, 2.24) is 0 Å². The molecule has 0 aromatic rings. The van der Waals surface area contributed by atoms with Crippen LogP contribution in [-0.2, 0) is 23.7 Å². The minimum Gasteiger partial charge on any atom is -0.467 e. The van der Waals surface area contributed by atoms with E-state index >= 15 is 0 Å². The summed E-state index contributed by atoms with van der Waals surface area (Å²) in [5.74, 6) is -1.04. The summed E-state index contributed by atoms with van der Waals surface area (Å²) >= 11 is 0. The number of carbonyl (C=O) groups excluding carboxylic acids is 1. The zero-order valence-electron chi connectivity index (χ0n) is 12.3. The van der Waals surface area contributed by atoms with E-state index in [0.29, 0.717) is 18.2 Å². The molecule has 2 heterocycles. The SMILES string of the molecule is COC(=O)[C@]1(C)O[C@@]2(OC)OC(C)=N[C@]21CC(C)C. The lowest BCUT2D eigenvalue weighted by atomic mass is 9.68. The lowest BCUT2D eigenvalue weighted by Crippen LogP contribution is -2.82. The molecule has 0 unspecified atom stereocenters. The van der Waals surface area contributed by atoms with Gasteiger partial charge in [-0.05, 0) is 19.3 Å². The topological polar surface area (TPSA) is 66.4 Å². The Kier molecular flexibility index (Phi) is 3.14. The van der Waals surface area contributed by atoms with Gasteiger partial charge in [-0.3, -0.25) is 4.74 Å². The van der Waals surface area contributed by atoms with E-state index in [-0.39, 0.29) is 0 Å². The second-order valence-electron chi connectivity index (χ2n) is 5.58. The molecular weight excluding hydrogens is 250 g/mol. The van der Waals surface area contributed by atoms with Crippen LogP contribution in [0.25, 0.3) is 0 Å². The van der Waals surface area contributed by atoms with E-state index in [1.807, 2.05) is 13.8 Å². The smallest absolute Gasteiger partial charge is 0.359 e. The second-order valence-corrected chi connectivity index (χ2v) is 5.58. The second kappa shape index (κ2) is 4.18. The molecule has 0 radical (unpaired) electrons. The maximum atomic E-state index is 12.1. The molecule has 0 aromatic carbocycles. The molecule has 1 fully saturated rings. The van der Waals surface area contributed by atoms with E-state index in [4.69, 9.17) is 18.9 Å². The Morgan fingerprint density at radius 1 is 1.42 bits per heavy atom. The Hall–Kier alpha value is -1.14. The van der Waals surface area contributed by atoms with Crippen molar-refractivity contribution >= 4 is 11.9 Å². The van der Waals surface area contributed by atoms with Crippen LogP contribution in [0.5, 0.6) is 0 Å². The lowest BCUT2D eigenvalue weighted by molar-refractivity contribution is -0.483. The predicted molar refractivity (Wildman–Crippen MR) is 67.6 cm³/mol. The summed E-state index contributed by atoms with van der Waals surface area (Å²) in [5, 5.41) is 0. The molecule has 6 heteroatoms. The van der Waals surface area contributed by atoms with Crippen LogP contribution in [0.2, 0.25) is 0 Å². The highest BCUT2D eigenvalue weighted by atomic mass is 16.9. The van der Waals surface area contributed by atoms with Gasteiger partial charge in [0, 0.05) is 14.0 Å². The third kappa shape index (κ3) is 1.56. The summed E-state index contributed by atoms with van der Waals surface area (Å²) in [5.41, 5.74) is -2.10. The van der Waals surface area contributed by atoms with Crippen molar-refractivity contribution in [2.24, 2.45) is 10.9 Å². The van der Waals surface area contributed by atoms with Crippen molar-refractivity contribution in [2.75, 3.05) is 14.2 Å². The fourth-order valence-electron chi connectivity index (χ4n) is 3.06. The Labute approximate surface area is 113 Å². The molecule has 19 heavy (non-hydrogen) atoms. The summed E-state index contributed by atoms with van der Waals surface area (Å²) in [6, 6.07) is 0. The lowest BCUT2D eigenvalue weighted by Gasteiger charge is -2.59. The van der Waals surface area contributed by atoms with Gasteiger partial charge in [0.2, 0.25) is 5.60 Å². The molecular formula is C13H21NO5. The minimum absolute atomic E-state index is 0.292. The summed E-state index contributed by atoms with van der Waals surface area (Å²) in [7, 11) is 2.82. The number of hydrogen-bond donors (Lipinski definition) is 0. The van der Waals surface area contributed by atoms with Crippen LogP contribution >= 0.6 is 0 Å². The first kappa shape index (κ1) is 14.3. The number of aliphatic imine (C=N–C) groups is 1. The maximum Gasteiger partial charge on any atom is 0.359 e. The van der Waals surface area contributed by atoms with Gasteiger partial charge in [0.15, 0.2) is 11.4 Å². The third-order valence-corrected chi connectivity index (χ3v) is 3.81. The number of rotatable bonds is 4. The standard InChI is InChI=1S/C13H21NO5/c1-8(2)7-12-11(4,10(15)16-5)19-13(12,17-6)18-9(3)14-12/h8H,7H2,1-6H3/t11-,12-,13-/m0/s1. The van der Waals surface area contributed by atoms with Crippen LogP contribution in [0.4, 0.5) is 0 Å². The molecule has 0 bridgehead atoms. The molecule has 6 nitrogen and oxygen atoms in total. The highest BCUT2D eigenvalue weighted by molar-refractivity contribution is 5.87. The minimum atomic E-state index is -1.32. The summed E-state index contributed by atoms with van der Waals surface area (Å²) in [4.78, 5) is 16.6. The first-order valence-corrected chi connectivity index (χ1v) is 6.36. The van der Waals surface area contributed by atoms with Crippen molar-refractivity contribution in [3.63, 3.8) is 0 Å². The van der Waals surface area contributed by atoms with Gasteiger partial charge in [-0.2, -0.15) is 0 Å². The van der Waals surface area contributed by atoms with Crippen molar-refractivity contribution in [3.8, 4) is 0 Å². The van der Waals surface area contributed by atoms with Crippen LogP contribution < -0.4 is 0 Å². The van der Waals surface area contributed by atoms with Crippen molar-refractivity contribution < 1.29 is 23.7 Å². The number of nitrogens with zero attached hydrogens (tertiary/aromatic N) is 1. The predicted octanol–water partition coefficient (Wildman–Crippen LogP) is 1.48. The van der Waals surface area contributed by atoms with Crippen molar-refractivity contribution in [1.29, 1.82) is 0 Å². The van der Waals surface area contributed by atoms with Crippen molar-refractivity contribution in [3.05, 3.63) is 0 Å². The number of ether oxygens (including phenoxy) is 4. The molecule has 108 valence electrons. The van der Waals surface area contributed by atoms with Gasteiger partial charge < -0.3 is 14.2 Å². The fourth-order valence-corrected chi connectivity index (χ4v) is 3.06. The van der Waals surface area contributed by atoms with Gasteiger partial charge >= 0.3 is 11.9 Å². The zero-order chi connectivity index (χ0) is 14.5. The summed E-state index contributed by atoms with van der Waals surface area (Å²) in [6.45, 7) is 7.49. The van der Waals surface area contributed by atoms with Crippen LogP contribution in [0.15, 0.2) is 4.99 Å². The van der Waals surface area contributed by atoms with Gasteiger partial charge in [0.1, 0.15) is 0 Å². The first-order chi connectivity index (χ1) is 8.77. The van der Waals surface area contributed by atoms with Crippen LogP contribution in [0.1, 0.15) is 34.1 Å². The van der Waals surface area contributed by atoms with Crippen molar-refractivity contribution in [2.45, 2.75) is 51.2 Å².